The third-order valence-electron chi connectivity index (χ3n) is 7.99. The van der Waals surface area contributed by atoms with Crippen LogP contribution in [0.2, 0.25) is 0 Å². The third-order valence-corrected chi connectivity index (χ3v) is 7.99. The molecule has 2 aliphatic heterocycles. The van der Waals surface area contributed by atoms with Gasteiger partial charge in [0.15, 0.2) is 5.65 Å². The molecule has 0 amide bonds. The number of nitrogens with one attached hydrogen (secondary N) is 1. The van der Waals surface area contributed by atoms with Gasteiger partial charge in [-0.05, 0) is 60.8 Å². The fraction of sp³-hybridized carbons (Fsp3) is 0.538. The number of hydrogen-bond donors (Lipinski definition) is 2. The fourth-order valence-electron chi connectivity index (χ4n) is 6.19. The van der Waals surface area contributed by atoms with Crippen molar-refractivity contribution < 1.29 is 9.84 Å². The molecule has 0 bridgehead atoms. The molecule has 1 atom stereocenters. The van der Waals surface area contributed by atoms with E-state index in [0.717, 1.165) is 54.9 Å². The number of fused-ring (bicyclic) bond motifs is 1. The van der Waals surface area contributed by atoms with Gasteiger partial charge in [0.25, 0.3) is 0 Å². The molecule has 1 aromatic carbocycles. The molecule has 4 heterocycles. The number of hydrogen-bond acceptors (Lipinski definition) is 5. The molecule has 2 N–H and O–H groups in total. The van der Waals surface area contributed by atoms with Gasteiger partial charge in [0.1, 0.15) is 5.75 Å². The van der Waals surface area contributed by atoms with Crippen molar-refractivity contribution in [3.05, 3.63) is 41.6 Å². The molecule has 3 fully saturated rings. The van der Waals surface area contributed by atoms with Crippen LogP contribution in [0.15, 0.2) is 30.3 Å². The van der Waals surface area contributed by atoms with Gasteiger partial charge in [0.2, 0.25) is 0 Å². The summed E-state index contributed by atoms with van der Waals surface area (Å²) in [5, 5.41) is 20.5. The van der Waals surface area contributed by atoms with E-state index in [9.17, 15) is 5.11 Å². The lowest BCUT2D eigenvalue weighted by atomic mass is 9.63. The summed E-state index contributed by atoms with van der Waals surface area (Å²) in [6.07, 6.45) is 6.32. The zero-order chi connectivity index (χ0) is 21.7. The molecule has 1 spiro atoms. The second-order valence-corrected chi connectivity index (χ2v) is 10.3. The summed E-state index contributed by atoms with van der Waals surface area (Å²) in [6, 6.07) is 9.48. The molecule has 0 radical (unpaired) electrons. The third kappa shape index (κ3) is 3.41. The molecule has 2 aromatic heterocycles. The first kappa shape index (κ1) is 20.2. The number of phenolic OH excluding ortho intramolecular Hbond substituents is 1. The van der Waals surface area contributed by atoms with Gasteiger partial charge in [0, 0.05) is 55.4 Å². The van der Waals surface area contributed by atoms with Crippen molar-refractivity contribution in [2.75, 3.05) is 32.8 Å². The van der Waals surface area contributed by atoms with Crippen LogP contribution in [-0.2, 0) is 4.74 Å². The highest BCUT2D eigenvalue weighted by atomic mass is 16.5. The monoisotopic (exact) mass is 432 g/mol. The molecule has 1 saturated carbocycles. The number of likely N-dealkylation sites (tertiary alicyclic amines) is 1. The minimum Gasteiger partial charge on any atom is -0.507 e. The molecule has 168 valence electrons. The summed E-state index contributed by atoms with van der Waals surface area (Å²) < 4.78 is 5.64. The minimum absolute atomic E-state index is 0.238. The summed E-state index contributed by atoms with van der Waals surface area (Å²) in [5.74, 6) is 1.11. The van der Waals surface area contributed by atoms with Crippen LogP contribution in [0.5, 0.6) is 5.75 Å². The van der Waals surface area contributed by atoms with Crippen LogP contribution in [0, 0.1) is 5.41 Å². The molecule has 6 nitrogen and oxygen atoms in total. The number of aromatic hydroxyl groups is 1. The first-order chi connectivity index (χ1) is 15.6. The number of aromatic amines is 1. The smallest absolute Gasteiger partial charge is 0.160 e. The average Bonchev–Trinajstić information content (AvgIpc) is 3.14. The Morgan fingerprint density at radius 2 is 1.97 bits per heavy atom. The van der Waals surface area contributed by atoms with Crippen LogP contribution in [0.3, 0.4) is 0 Å². The Hall–Kier alpha value is -2.44. The average molecular weight is 433 g/mol. The minimum atomic E-state index is 0.238. The Morgan fingerprint density at radius 3 is 2.69 bits per heavy atom. The summed E-state index contributed by atoms with van der Waals surface area (Å²) >= 11 is 0. The van der Waals surface area contributed by atoms with Crippen molar-refractivity contribution in [3.8, 4) is 17.0 Å². The van der Waals surface area contributed by atoms with E-state index < -0.39 is 0 Å². The molecule has 3 aromatic rings. The first-order valence-corrected chi connectivity index (χ1v) is 12.1. The molecule has 0 unspecified atom stereocenters. The summed E-state index contributed by atoms with van der Waals surface area (Å²) in [4.78, 5) is 6.28. The van der Waals surface area contributed by atoms with E-state index in [1.54, 1.807) is 6.07 Å². The second kappa shape index (κ2) is 7.85. The highest BCUT2D eigenvalue weighted by Crippen LogP contribution is 2.49. The van der Waals surface area contributed by atoms with Gasteiger partial charge < -0.3 is 19.7 Å². The number of rotatable bonds is 5. The molecule has 6 heteroatoms. The maximum absolute atomic E-state index is 10.4. The molecule has 3 aliphatic rings. The largest absolute Gasteiger partial charge is 0.507 e. The lowest BCUT2D eigenvalue weighted by Crippen LogP contribution is -2.60. The Bertz CT molecular complexity index is 1120. The van der Waals surface area contributed by atoms with Crippen LogP contribution in [0.4, 0.5) is 0 Å². The topological polar surface area (TPSA) is 74.3 Å². The van der Waals surface area contributed by atoms with Crippen molar-refractivity contribution in [1.29, 1.82) is 0 Å². The van der Waals surface area contributed by atoms with Gasteiger partial charge >= 0.3 is 0 Å². The van der Waals surface area contributed by atoms with E-state index in [0.29, 0.717) is 17.3 Å². The predicted octanol–water partition coefficient (Wildman–Crippen LogP) is 4.81. The standard InChI is InChI=1S/C26H32N4O2/c1-17(14-30-15-26(16-30)9-4-10-26)23-20-13-21(19-5-2-3-6-22(19)31)28-29-25(20)27-24(23)18-7-11-32-12-8-18/h2-3,5-6,13,17-18,31H,4,7-12,14-16H2,1H3,(H,27,29)/t17-/m0/s1. The fourth-order valence-corrected chi connectivity index (χ4v) is 6.19. The Labute approximate surface area is 189 Å². The number of aromatic nitrogens is 3. The number of phenols is 1. The molecule has 2 saturated heterocycles. The highest BCUT2D eigenvalue weighted by molar-refractivity contribution is 5.86. The Morgan fingerprint density at radius 1 is 1.19 bits per heavy atom. The van der Waals surface area contributed by atoms with E-state index in [1.165, 1.54) is 43.6 Å². The van der Waals surface area contributed by atoms with Crippen LogP contribution in [0.1, 0.15) is 62.1 Å². The van der Waals surface area contributed by atoms with Crippen LogP contribution >= 0.6 is 0 Å². The molecule has 6 rings (SSSR count). The second-order valence-electron chi connectivity index (χ2n) is 10.3. The van der Waals surface area contributed by atoms with E-state index in [-0.39, 0.29) is 5.75 Å². The lowest BCUT2D eigenvalue weighted by molar-refractivity contribution is -0.0615. The van der Waals surface area contributed by atoms with E-state index in [1.807, 2.05) is 18.2 Å². The normalized spacial score (nSPS) is 22.0. The maximum atomic E-state index is 10.4. The van der Waals surface area contributed by atoms with Gasteiger partial charge in [0.05, 0.1) is 5.69 Å². The highest BCUT2D eigenvalue weighted by Gasteiger charge is 2.47. The van der Waals surface area contributed by atoms with Gasteiger partial charge in [-0.15, -0.1) is 10.2 Å². The van der Waals surface area contributed by atoms with E-state index >= 15 is 0 Å². The van der Waals surface area contributed by atoms with Crippen LogP contribution in [0.25, 0.3) is 22.3 Å². The van der Waals surface area contributed by atoms with Crippen molar-refractivity contribution in [2.45, 2.75) is 50.9 Å². The summed E-state index contributed by atoms with van der Waals surface area (Å²) in [5.41, 5.74) is 5.65. The van der Waals surface area contributed by atoms with Gasteiger partial charge in [-0.2, -0.15) is 0 Å². The SMILES string of the molecule is C[C@@H](CN1CC2(CCC2)C1)c1c(C2CCOCC2)[nH]c2nnc(-c3ccccc3O)cc12. The Balaban J connectivity index is 1.38. The van der Waals surface area contributed by atoms with Crippen molar-refractivity contribution in [3.63, 3.8) is 0 Å². The van der Waals surface area contributed by atoms with Gasteiger partial charge in [-0.25, -0.2) is 0 Å². The number of ether oxygens (including phenoxy) is 1. The summed E-state index contributed by atoms with van der Waals surface area (Å²) in [6.45, 7) is 7.59. The lowest BCUT2D eigenvalue weighted by Gasteiger charge is -2.56. The number of para-hydroxylation sites is 1. The predicted molar refractivity (Wildman–Crippen MR) is 125 cm³/mol. The van der Waals surface area contributed by atoms with Crippen molar-refractivity contribution >= 4 is 11.0 Å². The first-order valence-electron chi connectivity index (χ1n) is 12.1. The van der Waals surface area contributed by atoms with Gasteiger partial charge in [-0.1, -0.05) is 25.5 Å². The number of H-pyrrole nitrogens is 1. The zero-order valence-electron chi connectivity index (χ0n) is 18.8. The van der Waals surface area contributed by atoms with Crippen molar-refractivity contribution in [2.24, 2.45) is 5.41 Å². The molecule has 32 heavy (non-hydrogen) atoms. The molecular weight excluding hydrogens is 400 g/mol. The molecule has 1 aliphatic carbocycles. The summed E-state index contributed by atoms with van der Waals surface area (Å²) in [7, 11) is 0. The van der Waals surface area contributed by atoms with Gasteiger partial charge in [-0.3, -0.25) is 0 Å². The maximum Gasteiger partial charge on any atom is 0.160 e. The van der Waals surface area contributed by atoms with E-state index in [4.69, 9.17) is 4.74 Å². The van der Waals surface area contributed by atoms with Crippen LogP contribution in [-0.4, -0.2) is 58.0 Å². The van der Waals surface area contributed by atoms with Crippen molar-refractivity contribution in [1.82, 2.24) is 20.1 Å². The zero-order valence-corrected chi connectivity index (χ0v) is 18.8. The Kier molecular flexibility index (Phi) is 4.95. The number of nitrogens with zero attached hydrogens (tertiary/aromatic N) is 3. The number of benzene rings is 1. The molecular formula is C26H32N4O2. The van der Waals surface area contributed by atoms with Crippen LogP contribution < -0.4 is 0 Å². The quantitative estimate of drug-likeness (QED) is 0.605. The van der Waals surface area contributed by atoms with E-state index in [2.05, 4.69) is 33.1 Å².